The molecule has 0 radical (unpaired) electrons. The maximum atomic E-state index is 13.4. The summed E-state index contributed by atoms with van der Waals surface area (Å²) in [6.45, 7) is 7.50. The van der Waals surface area contributed by atoms with Crippen molar-refractivity contribution < 1.29 is 17.7 Å². The van der Waals surface area contributed by atoms with E-state index >= 15 is 0 Å². The Morgan fingerprint density at radius 1 is 1.43 bits per heavy atom. The van der Waals surface area contributed by atoms with E-state index in [-0.39, 0.29) is 26.1 Å². The minimum atomic E-state index is -3.90. The predicted molar refractivity (Wildman–Crippen MR) is 118 cm³/mol. The first-order valence-corrected chi connectivity index (χ1v) is 13.4. The van der Waals surface area contributed by atoms with Crippen molar-refractivity contribution in [3.8, 4) is 6.07 Å². The van der Waals surface area contributed by atoms with Gasteiger partial charge in [-0.3, -0.25) is 0 Å². The minimum Gasteiger partial charge on any atom is -0.598 e. The van der Waals surface area contributed by atoms with E-state index in [0.29, 0.717) is 9.90 Å². The van der Waals surface area contributed by atoms with E-state index in [9.17, 15) is 18.2 Å². The highest BCUT2D eigenvalue weighted by Gasteiger charge is 2.51. The highest BCUT2D eigenvalue weighted by molar-refractivity contribution is 9.11. The topological polar surface area (TPSA) is 102 Å². The molecule has 0 aliphatic carbocycles. The lowest BCUT2D eigenvalue weighted by molar-refractivity contribution is 0.0862. The van der Waals surface area contributed by atoms with Crippen LogP contribution in [0.2, 0.25) is 5.02 Å². The fraction of sp³-hybridized carbons (Fsp3) is 0.706. The Hall–Kier alpha value is 0.140. The molecule has 6 nitrogen and oxygen atoms in total. The Bertz CT molecular complexity index is 857. The van der Waals surface area contributed by atoms with Crippen LogP contribution in [0, 0.1) is 11.3 Å². The smallest absolute Gasteiger partial charge is 0.171 e. The molecule has 1 saturated heterocycles. The van der Waals surface area contributed by atoms with Crippen molar-refractivity contribution in [3.05, 3.63) is 19.8 Å². The summed E-state index contributed by atoms with van der Waals surface area (Å²) in [4.78, 5) is 0.558. The Labute approximate surface area is 187 Å². The van der Waals surface area contributed by atoms with Crippen LogP contribution in [0.5, 0.6) is 0 Å². The van der Waals surface area contributed by atoms with Crippen molar-refractivity contribution >= 4 is 60.1 Å². The number of nitrogens with zero attached hydrogens (tertiary/aromatic N) is 1. The Morgan fingerprint density at radius 3 is 2.43 bits per heavy atom. The molecule has 0 aromatic carbocycles. The fourth-order valence-corrected chi connectivity index (χ4v) is 8.47. The second kappa shape index (κ2) is 8.71. The summed E-state index contributed by atoms with van der Waals surface area (Å²) in [5.41, 5.74) is -1.23. The molecule has 28 heavy (non-hydrogen) atoms. The molecule has 2 atom stereocenters. The molecule has 0 amide bonds. The Morgan fingerprint density at radius 2 is 2.00 bits per heavy atom. The van der Waals surface area contributed by atoms with Gasteiger partial charge in [-0.1, -0.05) is 11.6 Å². The van der Waals surface area contributed by atoms with Crippen molar-refractivity contribution in [1.29, 1.82) is 5.26 Å². The number of nitrogens with one attached hydrogen (secondary N) is 1. The molecule has 1 aliphatic heterocycles. The molecule has 1 aliphatic rings. The van der Waals surface area contributed by atoms with E-state index in [1.807, 2.05) is 6.07 Å². The number of nitriles is 1. The molecule has 2 rings (SSSR count). The van der Waals surface area contributed by atoms with E-state index in [2.05, 4.69) is 20.7 Å². The van der Waals surface area contributed by atoms with E-state index < -0.39 is 42.0 Å². The largest absolute Gasteiger partial charge is 0.598 e. The van der Waals surface area contributed by atoms with E-state index in [4.69, 9.17) is 16.3 Å². The van der Waals surface area contributed by atoms with Gasteiger partial charge in [0.2, 0.25) is 0 Å². The molecule has 158 valence electrons. The summed E-state index contributed by atoms with van der Waals surface area (Å²) in [6.07, 6.45) is 0.234. The van der Waals surface area contributed by atoms with Gasteiger partial charge in [0, 0.05) is 42.3 Å². The Balaban J connectivity index is 2.50. The zero-order valence-electron chi connectivity index (χ0n) is 16.2. The standard InChI is InChI=1S/C17H24BrClN2O4S3/c1-15(2,3)27(22)21-16(4,14-12(19)9-13(18)26-14)11-28(23,24)17(10-20)5-7-25-8-6-17/h9,21H,5-8,11H2,1-4H3/t16-,27?/m0/s1. The second-order valence-electron chi connectivity index (χ2n) is 8.02. The molecule has 0 saturated carbocycles. The van der Waals surface area contributed by atoms with Crippen molar-refractivity contribution in [1.82, 2.24) is 4.72 Å². The molecular formula is C17H24BrClN2O4S3. The highest BCUT2D eigenvalue weighted by atomic mass is 79.9. The first-order chi connectivity index (χ1) is 12.8. The van der Waals surface area contributed by atoms with Gasteiger partial charge in [0.1, 0.15) is 10.3 Å². The number of thiophene rings is 1. The highest BCUT2D eigenvalue weighted by Crippen LogP contribution is 2.42. The van der Waals surface area contributed by atoms with Crippen molar-refractivity contribution in [2.45, 2.75) is 55.6 Å². The number of halogens is 2. The van der Waals surface area contributed by atoms with Gasteiger partial charge in [-0.15, -0.1) is 16.1 Å². The van der Waals surface area contributed by atoms with E-state index in [1.54, 1.807) is 33.8 Å². The molecule has 1 unspecified atom stereocenters. The minimum absolute atomic E-state index is 0.117. The fourth-order valence-electron chi connectivity index (χ4n) is 2.93. The second-order valence-corrected chi connectivity index (χ2v) is 15.1. The number of hydrogen-bond acceptors (Lipinski definition) is 7. The van der Waals surface area contributed by atoms with Crippen LogP contribution >= 0.6 is 38.9 Å². The van der Waals surface area contributed by atoms with Crippen LogP contribution in [-0.2, 0) is 31.5 Å². The van der Waals surface area contributed by atoms with E-state index in [0.717, 1.165) is 3.79 Å². The van der Waals surface area contributed by atoms with Crippen LogP contribution in [0.25, 0.3) is 0 Å². The lowest BCUT2D eigenvalue weighted by atomic mass is 10.0. The summed E-state index contributed by atoms with van der Waals surface area (Å²) in [6, 6.07) is 3.71. The molecule has 1 fully saturated rings. The number of rotatable bonds is 6. The van der Waals surface area contributed by atoms with Crippen LogP contribution in [0.4, 0.5) is 0 Å². The first-order valence-electron chi connectivity index (χ1n) is 8.63. The van der Waals surface area contributed by atoms with Crippen molar-refractivity contribution in [3.63, 3.8) is 0 Å². The quantitative estimate of drug-likeness (QED) is 0.558. The molecule has 1 N–H and O–H groups in total. The van der Waals surface area contributed by atoms with Gasteiger partial charge in [0.05, 0.1) is 20.6 Å². The SMILES string of the molecule is CC(C)(C)[S+]([O-])N[C@@](C)(CS(=O)(=O)C1(C#N)CCOCC1)c1sc(Br)cc1Cl. The van der Waals surface area contributed by atoms with Crippen molar-refractivity contribution in [2.75, 3.05) is 19.0 Å². The third kappa shape index (κ3) is 5.06. The maximum absolute atomic E-state index is 13.4. The van der Waals surface area contributed by atoms with Crippen LogP contribution in [0.15, 0.2) is 9.85 Å². The van der Waals surface area contributed by atoms with Gasteiger partial charge in [0.15, 0.2) is 14.6 Å². The summed E-state index contributed by atoms with van der Waals surface area (Å²) in [5.74, 6) is -0.401. The third-order valence-electron chi connectivity index (χ3n) is 4.61. The summed E-state index contributed by atoms with van der Waals surface area (Å²) < 4.78 is 46.5. The maximum Gasteiger partial charge on any atom is 0.171 e. The third-order valence-corrected chi connectivity index (χ3v) is 11.3. The van der Waals surface area contributed by atoms with Gasteiger partial charge in [-0.2, -0.15) is 5.26 Å². The van der Waals surface area contributed by atoms with Crippen LogP contribution in [0.1, 0.15) is 45.4 Å². The average Bonchev–Trinajstić information content (AvgIpc) is 2.93. The van der Waals surface area contributed by atoms with Gasteiger partial charge in [0.25, 0.3) is 0 Å². The van der Waals surface area contributed by atoms with Crippen LogP contribution < -0.4 is 4.72 Å². The summed E-state index contributed by atoms with van der Waals surface area (Å²) >= 11 is 9.48. The van der Waals surface area contributed by atoms with Gasteiger partial charge in [-0.25, -0.2) is 8.42 Å². The number of ether oxygens (including phenoxy) is 1. The molecule has 0 spiro atoms. The zero-order chi connectivity index (χ0) is 21.4. The molecule has 1 aromatic heterocycles. The van der Waals surface area contributed by atoms with Gasteiger partial charge < -0.3 is 9.29 Å². The number of hydrogen-bond donors (Lipinski definition) is 1. The first kappa shape index (κ1) is 24.4. The molecular weight excluding hydrogens is 508 g/mol. The summed E-state index contributed by atoms with van der Waals surface area (Å²) in [5, 5.41) is 10.1. The van der Waals surface area contributed by atoms with Crippen LogP contribution in [0.3, 0.4) is 0 Å². The zero-order valence-corrected chi connectivity index (χ0v) is 21.0. The normalized spacial score (nSPS) is 20.9. The molecule has 0 bridgehead atoms. The summed E-state index contributed by atoms with van der Waals surface area (Å²) in [7, 11) is -3.90. The Kier molecular flexibility index (Phi) is 7.59. The monoisotopic (exact) mass is 530 g/mol. The van der Waals surface area contributed by atoms with E-state index in [1.165, 1.54) is 11.3 Å². The number of sulfone groups is 1. The lowest BCUT2D eigenvalue weighted by Gasteiger charge is -2.37. The molecule has 1 aromatic rings. The molecule has 11 heteroatoms. The lowest BCUT2D eigenvalue weighted by Crippen LogP contribution is -2.56. The average molecular weight is 532 g/mol. The van der Waals surface area contributed by atoms with Gasteiger partial charge >= 0.3 is 0 Å². The predicted octanol–water partition coefficient (Wildman–Crippen LogP) is 3.92. The van der Waals surface area contributed by atoms with Gasteiger partial charge in [-0.05, 0) is 49.7 Å². The molecule has 2 heterocycles. The van der Waals surface area contributed by atoms with Crippen LogP contribution in [-0.4, -0.2) is 41.4 Å². The van der Waals surface area contributed by atoms with Crippen molar-refractivity contribution in [2.24, 2.45) is 0 Å².